The van der Waals surface area contributed by atoms with Gasteiger partial charge >= 0.3 is 6.18 Å². The van der Waals surface area contributed by atoms with Gasteiger partial charge in [0.1, 0.15) is 12.4 Å². The third kappa shape index (κ3) is 4.93. The van der Waals surface area contributed by atoms with Gasteiger partial charge < -0.3 is 14.6 Å². The van der Waals surface area contributed by atoms with Crippen molar-refractivity contribution in [2.24, 2.45) is 0 Å². The summed E-state index contributed by atoms with van der Waals surface area (Å²) in [6.45, 7) is -1.47. The van der Waals surface area contributed by atoms with E-state index in [4.69, 9.17) is 4.74 Å². The van der Waals surface area contributed by atoms with Crippen molar-refractivity contribution in [3.05, 3.63) is 29.8 Å². The minimum Gasteiger partial charge on any atom is -0.496 e. The number of aliphatic hydroxyl groups is 1. The molecule has 0 fully saturated rings. The van der Waals surface area contributed by atoms with Gasteiger partial charge in [-0.15, -0.1) is 0 Å². The van der Waals surface area contributed by atoms with Crippen LogP contribution in [-0.4, -0.2) is 31.6 Å². The standard InChI is InChI=1S/C12H15F3O3/c1-17-11-5-3-2-4-9(11)10(16)6-7-18-8-12(13,14)15/h2-5,10,16H,6-8H2,1H3. The molecule has 18 heavy (non-hydrogen) atoms. The molecule has 1 unspecified atom stereocenters. The number of para-hydroxylation sites is 1. The van der Waals surface area contributed by atoms with E-state index in [9.17, 15) is 18.3 Å². The molecule has 0 heterocycles. The number of alkyl halides is 3. The van der Waals surface area contributed by atoms with Crippen LogP contribution < -0.4 is 4.74 Å². The molecule has 0 radical (unpaired) electrons. The number of benzene rings is 1. The van der Waals surface area contributed by atoms with Crippen molar-refractivity contribution in [1.29, 1.82) is 0 Å². The number of rotatable bonds is 6. The zero-order chi connectivity index (χ0) is 13.6. The smallest absolute Gasteiger partial charge is 0.411 e. The summed E-state index contributed by atoms with van der Waals surface area (Å²) >= 11 is 0. The first-order valence-electron chi connectivity index (χ1n) is 5.39. The fourth-order valence-corrected chi connectivity index (χ4v) is 1.48. The molecule has 6 heteroatoms. The second-order valence-corrected chi connectivity index (χ2v) is 3.71. The molecule has 0 aliphatic heterocycles. The Hall–Kier alpha value is -1.27. The molecule has 0 saturated heterocycles. The molecule has 102 valence electrons. The van der Waals surface area contributed by atoms with Crippen molar-refractivity contribution in [2.75, 3.05) is 20.3 Å². The number of hydrogen-bond donors (Lipinski definition) is 1. The van der Waals surface area contributed by atoms with E-state index in [1.807, 2.05) is 0 Å². The lowest BCUT2D eigenvalue weighted by molar-refractivity contribution is -0.175. The van der Waals surface area contributed by atoms with E-state index < -0.39 is 18.9 Å². The van der Waals surface area contributed by atoms with E-state index >= 15 is 0 Å². The highest BCUT2D eigenvalue weighted by Gasteiger charge is 2.27. The summed E-state index contributed by atoms with van der Waals surface area (Å²) < 4.78 is 44.9. The van der Waals surface area contributed by atoms with Gasteiger partial charge in [0.05, 0.1) is 13.2 Å². The fourth-order valence-electron chi connectivity index (χ4n) is 1.48. The summed E-state index contributed by atoms with van der Waals surface area (Å²) in [6, 6.07) is 6.80. The first-order chi connectivity index (χ1) is 8.44. The molecular weight excluding hydrogens is 249 g/mol. The van der Waals surface area contributed by atoms with Crippen LogP contribution in [0.1, 0.15) is 18.1 Å². The summed E-state index contributed by atoms with van der Waals surface area (Å²) in [7, 11) is 1.46. The van der Waals surface area contributed by atoms with Crippen LogP contribution in [0, 0.1) is 0 Å². The SMILES string of the molecule is COc1ccccc1C(O)CCOCC(F)(F)F. The van der Waals surface area contributed by atoms with Gasteiger partial charge in [0.2, 0.25) is 0 Å². The molecule has 0 saturated carbocycles. The van der Waals surface area contributed by atoms with Crippen LogP contribution in [0.3, 0.4) is 0 Å². The van der Waals surface area contributed by atoms with E-state index in [1.54, 1.807) is 24.3 Å². The van der Waals surface area contributed by atoms with E-state index in [1.165, 1.54) is 7.11 Å². The van der Waals surface area contributed by atoms with Gasteiger partial charge in [-0.1, -0.05) is 18.2 Å². The Bertz CT molecular complexity index is 366. The van der Waals surface area contributed by atoms with Crippen molar-refractivity contribution >= 4 is 0 Å². The number of halogens is 3. The lowest BCUT2D eigenvalue weighted by Gasteiger charge is -2.15. The van der Waals surface area contributed by atoms with E-state index in [0.29, 0.717) is 11.3 Å². The average molecular weight is 264 g/mol. The summed E-state index contributed by atoms with van der Waals surface area (Å²) in [4.78, 5) is 0. The second-order valence-electron chi connectivity index (χ2n) is 3.71. The summed E-state index contributed by atoms with van der Waals surface area (Å²) in [5.41, 5.74) is 0.538. The van der Waals surface area contributed by atoms with E-state index in [2.05, 4.69) is 4.74 Å². The monoisotopic (exact) mass is 264 g/mol. The van der Waals surface area contributed by atoms with Gasteiger partial charge in [0.15, 0.2) is 0 Å². The molecule has 0 aromatic heterocycles. The molecule has 1 aromatic rings. The molecule has 0 spiro atoms. The number of methoxy groups -OCH3 is 1. The average Bonchev–Trinajstić information content (AvgIpc) is 2.33. The highest BCUT2D eigenvalue weighted by Crippen LogP contribution is 2.26. The van der Waals surface area contributed by atoms with Gasteiger partial charge in [-0.05, 0) is 6.07 Å². The highest BCUT2D eigenvalue weighted by atomic mass is 19.4. The predicted molar refractivity (Wildman–Crippen MR) is 59.4 cm³/mol. The maximum absolute atomic E-state index is 11.8. The van der Waals surface area contributed by atoms with Crippen molar-refractivity contribution < 1.29 is 27.8 Å². The topological polar surface area (TPSA) is 38.7 Å². The normalized spacial score (nSPS) is 13.4. The first-order valence-corrected chi connectivity index (χ1v) is 5.39. The Balaban J connectivity index is 2.43. The summed E-state index contributed by atoms with van der Waals surface area (Å²) in [5.74, 6) is 0.501. The van der Waals surface area contributed by atoms with Crippen LogP contribution in [0.2, 0.25) is 0 Å². The summed E-state index contributed by atoms with van der Waals surface area (Å²) in [5, 5.41) is 9.82. The fraction of sp³-hybridized carbons (Fsp3) is 0.500. The Morgan fingerprint density at radius 2 is 1.94 bits per heavy atom. The second kappa shape index (κ2) is 6.61. The molecule has 0 aliphatic rings. The predicted octanol–water partition coefficient (Wildman–Crippen LogP) is 2.70. The first kappa shape index (κ1) is 14.8. The molecule has 0 amide bonds. The van der Waals surface area contributed by atoms with Gasteiger partial charge in [0, 0.05) is 18.6 Å². The van der Waals surface area contributed by atoms with Crippen molar-refractivity contribution in [3.8, 4) is 5.75 Å². The van der Waals surface area contributed by atoms with E-state index in [0.717, 1.165) is 0 Å². The van der Waals surface area contributed by atoms with Crippen LogP contribution in [0.25, 0.3) is 0 Å². The lowest BCUT2D eigenvalue weighted by Crippen LogP contribution is -2.18. The molecule has 1 atom stereocenters. The zero-order valence-electron chi connectivity index (χ0n) is 9.91. The maximum atomic E-state index is 11.8. The Kier molecular flexibility index (Phi) is 5.43. The Morgan fingerprint density at radius 3 is 2.56 bits per heavy atom. The minimum atomic E-state index is -4.34. The largest absolute Gasteiger partial charge is 0.496 e. The molecule has 0 bridgehead atoms. The molecule has 1 N–H and O–H groups in total. The zero-order valence-corrected chi connectivity index (χ0v) is 9.91. The number of ether oxygens (including phenoxy) is 2. The van der Waals surface area contributed by atoms with Crippen molar-refractivity contribution in [1.82, 2.24) is 0 Å². The van der Waals surface area contributed by atoms with Crippen LogP contribution in [0.5, 0.6) is 5.75 Å². The number of hydrogen-bond acceptors (Lipinski definition) is 3. The molecule has 1 rings (SSSR count). The third-order valence-corrected chi connectivity index (χ3v) is 2.30. The van der Waals surface area contributed by atoms with Crippen LogP contribution in [0.15, 0.2) is 24.3 Å². The Morgan fingerprint density at radius 1 is 1.28 bits per heavy atom. The molecule has 0 aliphatic carbocycles. The number of aliphatic hydroxyl groups excluding tert-OH is 1. The quantitative estimate of drug-likeness (QED) is 0.803. The van der Waals surface area contributed by atoms with Crippen LogP contribution in [0.4, 0.5) is 13.2 Å². The Labute approximate surface area is 103 Å². The van der Waals surface area contributed by atoms with Crippen molar-refractivity contribution in [2.45, 2.75) is 18.7 Å². The molecule has 3 nitrogen and oxygen atoms in total. The van der Waals surface area contributed by atoms with Crippen LogP contribution in [-0.2, 0) is 4.74 Å². The highest BCUT2D eigenvalue weighted by molar-refractivity contribution is 5.34. The van der Waals surface area contributed by atoms with Crippen LogP contribution >= 0.6 is 0 Å². The lowest BCUT2D eigenvalue weighted by atomic mass is 10.1. The van der Waals surface area contributed by atoms with Gasteiger partial charge in [-0.2, -0.15) is 13.2 Å². The molecular formula is C12H15F3O3. The van der Waals surface area contributed by atoms with Crippen molar-refractivity contribution in [3.63, 3.8) is 0 Å². The van der Waals surface area contributed by atoms with Gasteiger partial charge in [0.25, 0.3) is 0 Å². The van der Waals surface area contributed by atoms with E-state index in [-0.39, 0.29) is 13.0 Å². The molecule has 1 aromatic carbocycles. The minimum absolute atomic E-state index is 0.0798. The third-order valence-electron chi connectivity index (χ3n) is 2.30. The summed E-state index contributed by atoms with van der Waals surface area (Å²) in [6.07, 6.45) is -5.17. The van der Waals surface area contributed by atoms with Gasteiger partial charge in [-0.3, -0.25) is 0 Å². The van der Waals surface area contributed by atoms with Gasteiger partial charge in [-0.25, -0.2) is 0 Å². The maximum Gasteiger partial charge on any atom is 0.411 e.